The lowest BCUT2D eigenvalue weighted by molar-refractivity contribution is -0.143. The first-order valence-corrected chi connectivity index (χ1v) is 8.43. The molecule has 0 spiro atoms. The number of nitrogens with zero attached hydrogens (tertiary/aromatic N) is 3. The molecule has 8 heteroatoms. The summed E-state index contributed by atoms with van der Waals surface area (Å²) in [6.07, 6.45) is 1.05. The summed E-state index contributed by atoms with van der Waals surface area (Å²) in [5.41, 5.74) is 1.80. The van der Waals surface area contributed by atoms with Gasteiger partial charge in [0, 0.05) is 25.2 Å². The predicted molar refractivity (Wildman–Crippen MR) is 96.1 cm³/mol. The highest BCUT2D eigenvalue weighted by atomic mass is 19.1. The van der Waals surface area contributed by atoms with Crippen LogP contribution >= 0.6 is 0 Å². The van der Waals surface area contributed by atoms with E-state index in [2.05, 4.69) is 15.5 Å². The molecule has 1 N–H and O–H groups in total. The van der Waals surface area contributed by atoms with E-state index in [0.29, 0.717) is 11.3 Å². The molecule has 140 valence electrons. The van der Waals surface area contributed by atoms with Crippen molar-refractivity contribution in [2.75, 3.05) is 13.6 Å². The summed E-state index contributed by atoms with van der Waals surface area (Å²) >= 11 is 0. The van der Waals surface area contributed by atoms with Gasteiger partial charge in [-0.1, -0.05) is 23.4 Å². The van der Waals surface area contributed by atoms with Crippen LogP contribution in [0.4, 0.5) is 4.39 Å². The van der Waals surface area contributed by atoms with Crippen molar-refractivity contribution < 1.29 is 18.8 Å². The first-order valence-electron chi connectivity index (χ1n) is 8.43. The van der Waals surface area contributed by atoms with E-state index in [-0.39, 0.29) is 37.1 Å². The van der Waals surface area contributed by atoms with Gasteiger partial charge in [0.25, 0.3) is 5.91 Å². The molecular formula is C19H19FN4O3. The van der Waals surface area contributed by atoms with Crippen LogP contribution in [-0.2, 0) is 21.0 Å². The lowest BCUT2D eigenvalue weighted by Gasteiger charge is -2.19. The van der Waals surface area contributed by atoms with Gasteiger partial charge in [0.2, 0.25) is 12.0 Å². The molecule has 1 aliphatic rings. The monoisotopic (exact) mass is 370 g/mol. The Morgan fingerprint density at radius 2 is 2.15 bits per heavy atom. The Balaban J connectivity index is 1.48. The van der Waals surface area contributed by atoms with E-state index in [9.17, 15) is 14.0 Å². The van der Waals surface area contributed by atoms with Crippen molar-refractivity contribution in [3.8, 4) is 0 Å². The van der Waals surface area contributed by atoms with Crippen LogP contribution in [0.1, 0.15) is 17.7 Å². The molecule has 2 aromatic rings. The van der Waals surface area contributed by atoms with Crippen molar-refractivity contribution in [2.24, 2.45) is 5.16 Å². The number of rotatable bonds is 6. The number of aromatic nitrogens is 1. The largest absolute Gasteiger partial charge is 0.382 e. The summed E-state index contributed by atoms with van der Waals surface area (Å²) in [6, 6.07) is 11.4. The Hall–Kier alpha value is -3.29. The Morgan fingerprint density at radius 3 is 2.89 bits per heavy atom. The molecule has 3 rings (SSSR count). The third kappa shape index (κ3) is 4.87. The Kier molecular flexibility index (Phi) is 5.75. The van der Waals surface area contributed by atoms with E-state index in [1.54, 1.807) is 30.5 Å². The third-order valence-corrected chi connectivity index (χ3v) is 4.05. The van der Waals surface area contributed by atoms with Gasteiger partial charge in [-0.2, -0.15) is 0 Å². The lowest BCUT2D eigenvalue weighted by Crippen LogP contribution is -2.42. The molecule has 0 saturated carbocycles. The highest BCUT2D eigenvalue weighted by Crippen LogP contribution is 2.18. The zero-order chi connectivity index (χ0) is 19.2. The maximum atomic E-state index is 13.3. The van der Waals surface area contributed by atoms with Gasteiger partial charge in [0.15, 0.2) is 0 Å². The Bertz CT molecular complexity index is 857. The highest BCUT2D eigenvalue weighted by Gasteiger charge is 2.31. The second kappa shape index (κ2) is 8.39. The number of pyridine rings is 1. The maximum Gasteiger partial charge on any atom is 0.267 e. The van der Waals surface area contributed by atoms with E-state index in [1.807, 2.05) is 6.07 Å². The first-order chi connectivity index (χ1) is 13.0. The van der Waals surface area contributed by atoms with Crippen molar-refractivity contribution in [3.05, 3.63) is 65.7 Å². The van der Waals surface area contributed by atoms with E-state index >= 15 is 0 Å². The van der Waals surface area contributed by atoms with Crippen LogP contribution in [0.3, 0.4) is 0 Å². The quantitative estimate of drug-likeness (QED) is 0.835. The number of benzene rings is 1. The van der Waals surface area contributed by atoms with E-state index < -0.39 is 6.10 Å². The van der Waals surface area contributed by atoms with Gasteiger partial charge in [-0.25, -0.2) is 4.39 Å². The molecule has 1 aromatic carbocycles. The molecule has 1 aromatic heterocycles. The maximum absolute atomic E-state index is 13.3. The van der Waals surface area contributed by atoms with Crippen LogP contribution < -0.4 is 5.32 Å². The molecule has 0 radical (unpaired) electrons. The minimum Gasteiger partial charge on any atom is -0.382 e. The summed E-state index contributed by atoms with van der Waals surface area (Å²) in [5, 5.41) is 6.59. The highest BCUT2D eigenvalue weighted by molar-refractivity contribution is 6.04. The summed E-state index contributed by atoms with van der Waals surface area (Å²) in [7, 11) is 1.52. The Morgan fingerprint density at radius 1 is 1.30 bits per heavy atom. The number of hydrogen-bond acceptors (Lipinski definition) is 5. The second-order valence-corrected chi connectivity index (χ2v) is 6.14. The van der Waals surface area contributed by atoms with Crippen LogP contribution in [0.5, 0.6) is 0 Å². The lowest BCUT2D eigenvalue weighted by atomic mass is 10.0. The zero-order valence-electron chi connectivity index (χ0n) is 14.8. The summed E-state index contributed by atoms with van der Waals surface area (Å²) in [6.45, 7) is 0.176. The average molecular weight is 370 g/mol. The molecule has 1 atom stereocenters. The zero-order valence-corrected chi connectivity index (χ0v) is 14.8. The molecule has 27 heavy (non-hydrogen) atoms. The minimum atomic E-state index is -0.822. The summed E-state index contributed by atoms with van der Waals surface area (Å²) in [5.74, 6) is -1.05. The molecule has 1 aliphatic heterocycles. The fourth-order valence-corrected chi connectivity index (χ4v) is 2.64. The number of halogens is 1. The number of hydrogen-bond donors (Lipinski definition) is 1. The first kappa shape index (κ1) is 18.5. The van der Waals surface area contributed by atoms with Crippen molar-refractivity contribution in [3.63, 3.8) is 0 Å². The molecular weight excluding hydrogens is 351 g/mol. The van der Waals surface area contributed by atoms with E-state index in [0.717, 1.165) is 5.69 Å². The van der Waals surface area contributed by atoms with E-state index in [1.165, 1.54) is 24.1 Å². The van der Waals surface area contributed by atoms with Crippen LogP contribution in [0, 0.1) is 5.82 Å². The number of carbonyl (C=O) groups is 2. The normalized spacial score (nSPS) is 15.6. The average Bonchev–Trinajstić information content (AvgIpc) is 3.17. The molecule has 2 heterocycles. The van der Waals surface area contributed by atoms with E-state index in [4.69, 9.17) is 4.84 Å². The van der Waals surface area contributed by atoms with Gasteiger partial charge >= 0.3 is 0 Å². The molecule has 0 aliphatic carbocycles. The molecule has 0 saturated heterocycles. The van der Waals surface area contributed by atoms with Crippen molar-refractivity contribution in [2.45, 2.75) is 19.1 Å². The number of nitrogens with one attached hydrogen (secondary N) is 1. The minimum absolute atomic E-state index is 0.110. The second-order valence-electron chi connectivity index (χ2n) is 6.14. The van der Waals surface area contributed by atoms with Gasteiger partial charge in [-0.05, 0) is 24.3 Å². The third-order valence-electron chi connectivity index (χ3n) is 4.05. The predicted octanol–water partition coefficient (Wildman–Crippen LogP) is 1.49. The van der Waals surface area contributed by atoms with Gasteiger partial charge in [0.05, 0.1) is 24.5 Å². The number of amides is 2. The molecule has 0 fully saturated rings. The standard InChI is InChI=1S/C19H19FN4O3/c1-24(12-18(25)22-11-15-7-2-3-8-21-15)19(26)17-10-16(23-27-17)13-5-4-6-14(20)9-13/h2-9,17H,10-12H2,1H3,(H,22,25). The van der Waals surface area contributed by atoms with Gasteiger partial charge < -0.3 is 15.1 Å². The van der Waals surface area contributed by atoms with Crippen LogP contribution in [0.15, 0.2) is 53.8 Å². The number of likely N-dealkylation sites (N-methyl/N-ethyl adjacent to an activating group) is 1. The number of oxime groups is 1. The van der Waals surface area contributed by atoms with Crippen molar-refractivity contribution >= 4 is 17.5 Å². The molecule has 1 unspecified atom stereocenters. The fraction of sp³-hybridized carbons (Fsp3) is 0.263. The van der Waals surface area contributed by atoms with Crippen LogP contribution in [0.25, 0.3) is 0 Å². The molecule has 2 amide bonds. The van der Waals surface area contributed by atoms with Crippen molar-refractivity contribution in [1.29, 1.82) is 0 Å². The number of carbonyl (C=O) groups excluding carboxylic acids is 2. The topological polar surface area (TPSA) is 83.9 Å². The molecule has 0 bridgehead atoms. The summed E-state index contributed by atoms with van der Waals surface area (Å²) < 4.78 is 13.3. The fourth-order valence-electron chi connectivity index (χ4n) is 2.64. The molecule has 7 nitrogen and oxygen atoms in total. The SMILES string of the molecule is CN(CC(=O)NCc1ccccn1)C(=O)C1CC(c2cccc(F)c2)=NO1. The van der Waals surface area contributed by atoms with Crippen LogP contribution in [-0.4, -0.2) is 47.1 Å². The van der Waals surface area contributed by atoms with Gasteiger partial charge in [-0.3, -0.25) is 14.6 Å². The summed E-state index contributed by atoms with van der Waals surface area (Å²) in [4.78, 5) is 35.1. The van der Waals surface area contributed by atoms with Gasteiger partial charge in [0.1, 0.15) is 5.82 Å². The van der Waals surface area contributed by atoms with Crippen LogP contribution in [0.2, 0.25) is 0 Å². The smallest absolute Gasteiger partial charge is 0.267 e. The van der Waals surface area contributed by atoms with Crippen molar-refractivity contribution in [1.82, 2.24) is 15.2 Å². The Labute approximate surface area is 155 Å². The van der Waals surface area contributed by atoms with Gasteiger partial charge in [-0.15, -0.1) is 0 Å².